The van der Waals surface area contributed by atoms with Gasteiger partial charge in [0.25, 0.3) is 0 Å². The third-order valence-electron chi connectivity index (χ3n) is 14.3. The maximum absolute atomic E-state index is 2.39. The van der Waals surface area contributed by atoms with Crippen molar-refractivity contribution < 1.29 is 0 Å². The van der Waals surface area contributed by atoms with Crippen molar-refractivity contribution in [2.45, 2.75) is 37.5 Å². The van der Waals surface area contributed by atoms with Crippen LogP contribution in [0.3, 0.4) is 0 Å². The highest BCUT2D eigenvalue weighted by molar-refractivity contribution is 5.90. The van der Waals surface area contributed by atoms with Gasteiger partial charge in [-0.15, -0.1) is 0 Å². The molecule has 1 saturated carbocycles. The van der Waals surface area contributed by atoms with Crippen LogP contribution in [0.2, 0.25) is 0 Å². The van der Waals surface area contributed by atoms with Crippen molar-refractivity contribution >= 4 is 28.0 Å². The molecule has 9 aromatic carbocycles. The van der Waals surface area contributed by atoms with E-state index in [9.17, 15) is 0 Å². The second-order valence-corrected chi connectivity index (χ2v) is 17.9. The molecule has 1 fully saturated rings. The molecule has 0 N–H and O–H groups in total. The monoisotopic (exact) mass is 804 g/mol. The van der Waals surface area contributed by atoms with E-state index in [1.54, 1.807) is 5.57 Å². The molecule has 0 amide bonds. The smallest absolute Gasteiger partial charge is 0.0139 e. The summed E-state index contributed by atoms with van der Waals surface area (Å²) < 4.78 is 0. The molecule has 3 aliphatic rings. The average molecular weight is 805 g/mol. The van der Waals surface area contributed by atoms with E-state index in [0.717, 1.165) is 25.7 Å². The molecular weight excluding hydrogens is 757 g/mol. The van der Waals surface area contributed by atoms with Gasteiger partial charge in [0, 0.05) is 5.92 Å². The van der Waals surface area contributed by atoms with Gasteiger partial charge in [0.15, 0.2) is 0 Å². The van der Waals surface area contributed by atoms with Crippen molar-refractivity contribution in [3.8, 4) is 44.5 Å². The Bertz CT molecular complexity index is 3310. The molecule has 0 aliphatic heterocycles. The Morgan fingerprint density at radius 3 is 1.63 bits per heavy atom. The SMILES string of the molecule is C1=Cc2cc(-c3cc(-c4ccc(-c5ccc(C6=c7ccccc7=C7CC(c8ccccc8)CC(c8ccccc8)C76)cc5)cc4)cc(-c4ccc5ccccc5c4)c3)ccc2CC1. The summed E-state index contributed by atoms with van der Waals surface area (Å²) in [6.45, 7) is 0. The molecule has 3 unspecified atom stereocenters. The van der Waals surface area contributed by atoms with Gasteiger partial charge in [-0.1, -0.05) is 200 Å². The van der Waals surface area contributed by atoms with E-state index in [1.165, 1.54) is 99.1 Å². The first-order valence-electron chi connectivity index (χ1n) is 22.8. The van der Waals surface area contributed by atoms with Gasteiger partial charge < -0.3 is 0 Å². The van der Waals surface area contributed by atoms with E-state index in [-0.39, 0.29) is 0 Å². The first kappa shape index (κ1) is 37.5. The van der Waals surface area contributed by atoms with Crippen molar-refractivity contribution in [3.05, 3.63) is 257 Å². The maximum Gasteiger partial charge on any atom is 0.0139 e. The number of hydrogen-bond acceptors (Lipinski definition) is 0. The first-order chi connectivity index (χ1) is 31.2. The van der Waals surface area contributed by atoms with Gasteiger partial charge in [0.05, 0.1) is 0 Å². The predicted octanol–water partition coefficient (Wildman–Crippen LogP) is 14.8. The van der Waals surface area contributed by atoms with Gasteiger partial charge in [-0.25, -0.2) is 0 Å². The molecule has 0 aromatic heterocycles. The van der Waals surface area contributed by atoms with Crippen molar-refractivity contribution in [1.82, 2.24) is 0 Å². The highest BCUT2D eigenvalue weighted by Gasteiger charge is 2.40. The first-order valence-corrected chi connectivity index (χ1v) is 22.8. The van der Waals surface area contributed by atoms with Gasteiger partial charge in [0.1, 0.15) is 0 Å². The lowest BCUT2D eigenvalue weighted by atomic mass is 9.65. The summed E-state index contributed by atoms with van der Waals surface area (Å²) in [4.78, 5) is 0. The fourth-order valence-corrected chi connectivity index (χ4v) is 11.1. The minimum atomic E-state index is 0.350. The lowest BCUT2D eigenvalue weighted by Gasteiger charge is -2.39. The van der Waals surface area contributed by atoms with Crippen LogP contribution in [0.15, 0.2) is 218 Å². The van der Waals surface area contributed by atoms with Crippen molar-refractivity contribution in [2.24, 2.45) is 5.92 Å². The van der Waals surface area contributed by atoms with Crippen LogP contribution in [0.4, 0.5) is 0 Å². The number of aryl methyl sites for hydroxylation is 1. The van der Waals surface area contributed by atoms with Crippen LogP contribution in [0.1, 0.15) is 58.9 Å². The molecule has 12 rings (SSSR count). The number of allylic oxidation sites excluding steroid dienone is 1. The summed E-state index contributed by atoms with van der Waals surface area (Å²) in [5.74, 6) is 1.25. The van der Waals surface area contributed by atoms with Gasteiger partial charge >= 0.3 is 0 Å². The number of fused-ring (bicyclic) bond motifs is 4. The summed E-state index contributed by atoms with van der Waals surface area (Å²) in [6, 6.07) is 80.0. The molecular formula is C63H48. The topological polar surface area (TPSA) is 0 Å². The Balaban J connectivity index is 0.893. The van der Waals surface area contributed by atoms with E-state index in [4.69, 9.17) is 0 Å². The van der Waals surface area contributed by atoms with Crippen molar-refractivity contribution in [1.29, 1.82) is 0 Å². The molecule has 0 spiro atoms. The zero-order valence-electron chi connectivity index (χ0n) is 35.4. The predicted molar refractivity (Wildman–Crippen MR) is 266 cm³/mol. The molecule has 3 atom stereocenters. The Kier molecular flexibility index (Phi) is 9.45. The summed E-state index contributed by atoms with van der Waals surface area (Å²) in [7, 11) is 0. The minimum absolute atomic E-state index is 0.350. The standard InChI is InChI=1S/C63H48/c1-3-13-42(14-4-1)57-40-60(48-17-5-2-6-18-48)63-61(41-57)58-21-11-12-22-59(58)62(63)49-31-27-46(28-32-49)45-23-25-47(26-24-45)54-37-55(52-33-29-43-15-7-9-19-50(43)35-52)39-56(38-54)53-34-30-44-16-8-10-20-51(44)36-53/h1-7,9-15,17-39,57,60,63H,8,16,40-41H2. The molecule has 0 saturated heterocycles. The molecule has 63 heavy (non-hydrogen) atoms. The van der Waals surface area contributed by atoms with Crippen LogP contribution in [0.5, 0.6) is 0 Å². The quantitative estimate of drug-likeness (QED) is 0.151. The van der Waals surface area contributed by atoms with Gasteiger partial charge in [-0.05, 0) is 167 Å². The Morgan fingerprint density at radius 2 is 0.921 bits per heavy atom. The summed E-state index contributed by atoms with van der Waals surface area (Å²) in [5.41, 5.74) is 20.0. The number of benzene rings is 9. The van der Waals surface area contributed by atoms with Crippen LogP contribution in [-0.2, 0) is 6.42 Å². The normalized spacial score (nSPS) is 17.6. The van der Waals surface area contributed by atoms with E-state index in [0.29, 0.717) is 17.8 Å². The Morgan fingerprint density at radius 1 is 0.381 bits per heavy atom. The highest BCUT2D eigenvalue weighted by atomic mass is 14.4. The largest absolute Gasteiger partial charge is 0.0836 e. The lowest BCUT2D eigenvalue weighted by molar-refractivity contribution is 0.449. The molecule has 300 valence electrons. The van der Waals surface area contributed by atoms with Crippen molar-refractivity contribution in [3.63, 3.8) is 0 Å². The lowest BCUT2D eigenvalue weighted by Crippen LogP contribution is -2.26. The second kappa shape index (κ2) is 15.9. The zero-order chi connectivity index (χ0) is 41.7. The molecule has 0 bridgehead atoms. The van der Waals surface area contributed by atoms with Crippen LogP contribution >= 0.6 is 0 Å². The van der Waals surface area contributed by atoms with Gasteiger partial charge in [-0.3, -0.25) is 0 Å². The van der Waals surface area contributed by atoms with Gasteiger partial charge in [0.2, 0.25) is 0 Å². The van der Waals surface area contributed by atoms with Crippen LogP contribution in [-0.4, -0.2) is 0 Å². The molecule has 3 aliphatic carbocycles. The highest BCUT2D eigenvalue weighted by Crippen LogP contribution is 2.53. The third-order valence-corrected chi connectivity index (χ3v) is 14.3. The molecule has 0 nitrogen and oxygen atoms in total. The van der Waals surface area contributed by atoms with Gasteiger partial charge in [-0.2, -0.15) is 0 Å². The Hall–Kier alpha value is -7.28. The molecule has 0 radical (unpaired) electrons. The zero-order valence-corrected chi connectivity index (χ0v) is 35.4. The molecule has 0 heteroatoms. The van der Waals surface area contributed by atoms with E-state index in [1.807, 2.05) is 0 Å². The molecule has 0 heterocycles. The second-order valence-electron chi connectivity index (χ2n) is 17.9. The van der Waals surface area contributed by atoms with E-state index >= 15 is 0 Å². The summed E-state index contributed by atoms with van der Waals surface area (Å²) in [6.07, 6.45) is 9.07. The average Bonchev–Trinajstić information content (AvgIpc) is 3.70. The van der Waals surface area contributed by atoms with Crippen LogP contribution in [0, 0.1) is 5.92 Å². The summed E-state index contributed by atoms with van der Waals surface area (Å²) >= 11 is 0. The van der Waals surface area contributed by atoms with E-state index in [2.05, 4.69) is 224 Å². The molecule has 9 aromatic rings. The summed E-state index contributed by atoms with van der Waals surface area (Å²) in [5, 5.41) is 5.37. The third kappa shape index (κ3) is 6.97. The van der Waals surface area contributed by atoms with Crippen molar-refractivity contribution in [2.75, 3.05) is 0 Å². The van der Waals surface area contributed by atoms with Crippen LogP contribution < -0.4 is 10.4 Å². The minimum Gasteiger partial charge on any atom is -0.0836 e. The number of rotatable bonds is 7. The fourth-order valence-electron chi connectivity index (χ4n) is 11.1. The number of hydrogen-bond donors (Lipinski definition) is 0. The Labute approximate surface area is 370 Å². The maximum atomic E-state index is 2.39. The van der Waals surface area contributed by atoms with Crippen LogP contribution in [0.25, 0.3) is 72.5 Å². The fraction of sp³-hybridized carbons (Fsp3) is 0.111. The van der Waals surface area contributed by atoms with E-state index < -0.39 is 0 Å².